The van der Waals surface area contributed by atoms with Gasteiger partial charge in [0.25, 0.3) is 0 Å². The number of aliphatic hydroxyl groups excluding tert-OH is 1. The van der Waals surface area contributed by atoms with E-state index in [4.69, 9.17) is 0 Å². The highest BCUT2D eigenvalue weighted by Gasteiger charge is 2.16. The van der Waals surface area contributed by atoms with Crippen molar-refractivity contribution in [1.82, 2.24) is 5.32 Å². The van der Waals surface area contributed by atoms with Gasteiger partial charge in [0.15, 0.2) is 0 Å². The summed E-state index contributed by atoms with van der Waals surface area (Å²) in [5.74, 6) is 0.588. The predicted molar refractivity (Wildman–Crippen MR) is 66.2 cm³/mol. The Morgan fingerprint density at radius 3 is 2.88 bits per heavy atom. The molecule has 1 fully saturated rings. The van der Waals surface area contributed by atoms with Gasteiger partial charge in [-0.2, -0.15) is 0 Å². The smallest absolute Gasteiger partial charge is 0.123 e. The van der Waals surface area contributed by atoms with Gasteiger partial charge in [0.1, 0.15) is 5.82 Å². The third kappa shape index (κ3) is 3.79. The molecule has 0 heterocycles. The molecule has 1 atom stereocenters. The van der Waals surface area contributed by atoms with Crippen LogP contribution in [-0.4, -0.2) is 18.2 Å². The van der Waals surface area contributed by atoms with E-state index in [0.29, 0.717) is 12.1 Å². The molecule has 2 N–H and O–H groups in total. The molecule has 1 aromatic rings. The quantitative estimate of drug-likeness (QED) is 0.745. The highest BCUT2D eigenvalue weighted by atomic mass is 19.1. The molecule has 1 aliphatic rings. The van der Waals surface area contributed by atoms with Gasteiger partial charge in [-0.3, -0.25) is 0 Å². The minimum absolute atomic E-state index is 0.295. The van der Waals surface area contributed by atoms with Crippen LogP contribution >= 0.6 is 0 Å². The number of hydrogen-bond acceptors (Lipinski definition) is 2. The minimum Gasteiger partial charge on any atom is -0.387 e. The SMILES string of the molecule is OC(CNCCC1CCC1)c1cccc(F)c1. The van der Waals surface area contributed by atoms with Crippen LogP contribution < -0.4 is 5.32 Å². The number of nitrogens with one attached hydrogen (secondary N) is 1. The summed E-state index contributed by atoms with van der Waals surface area (Å²) in [4.78, 5) is 0. The molecule has 1 aromatic carbocycles. The molecular formula is C14H20FNO. The first-order valence-corrected chi connectivity index (χ1v) is 6.40. The van der Waals surface area contributed by atoms with Crippen molar-refractivity contribution < 1.29 is 9.50 Å². The highest BCUT2D eigenvalue weighted by Crippen LogP contribution is 2.28. The number of hydrogen-bond donors (Lipinski definition) is 2. The van der Waals surface area contributed by atoms with E-state index in [2.05, 4.69) is 5.32 Å². The summed E-state index contributed by atoms with van der Waals surface area (Å²) < 4.78 is 12.9. The minimum atomic E-state index is -0.618. The molecule has 2 rings (SSSR count). The van der Waals surface area contributed by atoms with Crippen molar-refractivity contribution in [2.24, 2.45) is 5.92 Å². The molecule has 3 heteroatoms. The first-order valence-electron chi connectivity index (χ1n) is 6.40. The van der Waals surface area contributed by atoms with Gasteiger partial charge >= 0.3 is 0 Å². The van der Waals surface area contributed by atoms with Gasteiger partial charge in [-0.15, -0.1) is 0 Å². The molecular weight excluding hydrogens is 217 g/mol. The van der Waals surface area contributed by atoms with Crippen LogP contribution in [0.5, 0.6) is 0 Å². The van der Waals surface area contributed by atoms with Crippen LogP contribution in [0.4, 0.5) is 4.39 Å². The average molecular weight is 237 g/mol. The molecule has 0 saturated heterocycles. The Kier molecular flexibility index (Phi) is 4.51. The van der Waals surface area contributed by atoms with Crippen LogP contribution in [0.1, 0.15) is 37.4 Å². The lowest BCUT2D eigenvalue weighted by atomic mass is 9.83. The van der Waals surface area contributed by atoms with E-state index in [1.54, 1.807) is 12.1 Å². The van der Waals surface area contributed by atoms with Crippen LogP contribution in [0.2, 0.25) is 0 Å². The molecule has 0 aliphatic heterocycles. The Bertz CT molecular complexity index is 352. The summed E-state index contributed by atoms with van der Waals surface area (Å²) in [5.41, 5.74) is 0.640. The Labute approximate surface area is 102 Å². The summed E-state index contributed by atoms with van der Waals surface area (Å²) in [7, 11) is 0. The molecule has 0 amide bonds. The Morgan fingerprint density at radius 1 is 1.41 bits per heavy atom. The van der Waals surface area contributed by atoms with Crippen LogP contribution in [0, 0.1) is 11.7 Å². The second-order valence-electron chi connectivity index (χ2n) is 4.86. The number of rotatable bonds is 6. The molecule has 0 aromatic heterocycles. The fourth-order valence-corrected chi connectivity index (χ4v) is 2.16. The maximum atomic E-state index is 12.9. The van der Waals surface area contributed by atoms with Crippen molar-refractivity contribution >= 4 is 0 Å². The molecule has 17 heavy (non-hydrogen) atoms. The van der Waals surface area contributed by atoms with Crippen molar-refractivity contribution in [2.75, 3.05) is 13.1 Å². The summed E-state index contributed by atoms with van der Waals surface area (Å²) in [6, 6.07) is 6.15. The summed E-state index contributed by atoms with van der Waals surface area (Å²) in [6.45, 7) is 1.44. The third-order valence-electron chi connectivity index (χ3n) is 3.53. The first-order chi connectivity index (χ1) is 8.25. The molecule has 1 unspecified atom stereocenters. The van der Waals surface area contributed by atoms with Gasteiger partial charge in [0.2, 0.25) is 0 Å². The normalized spacial score (nSPS) is 17.8. The van der Waals surface area contributed by atoms with E-state index in [-0.39, 0.29) is 5.82 Å². The summed E-state index contributed by atoms with van der Waals surface area (Å²) >= 11 is 0. The largest absolute Gasteiger partial charge is 0.387 e. The molecule has 0 radical (unpaired) electrons. The van der Waals surface area contributed by atoms with Crippen molar-refractivity contribution in [3.05, 3.63) is 35.6 Å². The number of aliphatic hydroxyl groups is 1. The van der Waals surface area contributed by atoms with E-state index < -0.39 is 6.10 Å². The van der Waals surface area contributed by atoms with Crippen LogP contribution in [0.3, 0.4) is 0 Å². The zero-order valence-corrected chi connectivity index (χ0v) is 10.0. The molecule has 0 spiro atoms. The number of benzene rings is 1. The van der Waals surface area contributed by atoms with E-state index in [1.165, 1.54) is 37.8 Å². The van der Waals surface area contributed by atoms with Gasteiger partial charge < -0.3 is 10.4 Å². The lowest BCUT2D eigenvalue weighted by Crippen LogP contribution is -2.25. The molecule has 1 saturated carbocycles. The lowest BCUT2D eigenvalue weighted by molar-refractivity contribution is 0.172. The van der Waals surface area contributed by atoms with E-state index in [9.17, 15) is 9.50 Å². The van der Waals surface area contributed by atoms with E-state index in [0.717, 1.165) is 12.5 Å². The Balaban J connectivity index is 1.67. The van der Waals surface area contributed by atoms with Crippen LogP contribution in [0.25, 0.3) is 0 Å². The van der Waals surface area contributed by atoms with Gasteiger partial charge in [-0.25, -0.2) is 4.39 Å². The molecule has 0 bridgehead atoms. The van der Waals surface area contributed by atoms with Crippen LogP contribution in [0.15, 0.2) is 24.3 Å². The lowest BCUT2D eigenvalue weighted by Gasteiger charge is -2.25. The Hall–Kier alpha value is -0.930. The maximum Gasteiger partial charge on any atom is 0.123 e. The van der Waals surface area contributed by atoms with Crippen molar-refractivity contribution in [3.8, 4) is 0 Å². The topological polar surface area (TPSA) is 32.3 Å². The molecule has 2 nitrogen and oxygen atoms in total. The van der Waals surface area contributed by atoms with Gasteiger partial charge in [-0.1, -0.05) is 31.4 Å². The third-order valence-corrected chi connectivity index (χ3v) is 3.53. The zero-order valence-electron chi connectivity index (χ0n) is 10.0. The van der Waals surface area contributed by atoms with Crippen molar-refractivity contribution in [1.29, 1.82) is 0 Å². The molecule has 94 valence electrons. The molecule has 1 aliphatic carbocycles. The maximum absolute atomic E-state index is 12.9. The summed E-state index contributed by atoms with van der Waals surface area (Å²) in [5, 5.41) is 13.1. The van der Waals surface area contributed by atoms with E-state index in [1.807, 2.05) is 0 Å². The van der Waals surface area contributed by atoms with E-state index >= 15 is 0 Å². The second kappa shape index (κ2) is 6.12. The van der Waals surface area contributed by atoms with Crippen molar-refractivity contribution in [2.45, 2.75) is 31.8 Å². The van der Waals surface area contributed by atoms with Crippen LogP contribution in [-0.2, 0) is 0 Å². The number of halogens is 1. The average Bonchev–Trinajstić information content (AvgIpc) is 2.26. The van der Waals surface area contributed by atoms with Gasteiger partial charge in [0, 0.05) is 6.54 Å². The monoisotopic (exact) mass is 237 g/mol. The predicted octanol–water partition coefficient (Wildman–Crippen LogP) is 2.64. The fourth-order valence-electron chi connectivity index (χ4n) is 2.16. The highest BCUT2D eigenvalue weighted by molar-refractivity contribution is 5.18. The fraction of sp³-hybridized carbons (Fsp3) is 0.571. The summed E-state index contributed by atoms with van der Waals surface area (Å²) in [6.07, 6.45) is 4.65. The first kappa shape index (κ1) is 12.5. The second-order valence-corrected chi connectivity index (χ2v) is 4.86. The van der Waals surface area contributed by atoms with Gasteiger partial charge in [0.05, 0.1) is 6.10 Å². The van der Waals surface area contributed by atoms with Crippen molar-refractivity contribution in [3.63, 3.8) is 0 Å². The Morgan fingerprint density at radius 2 is 2.24 bits per heavy atom. The zero-order chi connectivity index (χ0) is 12.1. The standard InChI is InChI=1S/C14H20FNO/c15-13-6-2-5-12(9-13)14(17)10-16-8-7-11-3-1-4-11/h2,5-6,9,11,14,16-17H,1,3-4,7-8,10H2. The van der Waals surface area contributed by atoms with Gasteiger partial charge in [-0.05, 0) is 36.6 Å².